The first-order valence-corrected chi connectivity index (χ1v) is 6.19. The Morgan fingerprint density at radius 3 is 2.64 bits per heavy atom. The van der Waals surface area contributed by atoms with Gasteiger partial charge in [0.05, 0.1) is 0 Å². The summed E-state index contributed by atoms with van der Waals surface area (Å²) in [4.78, 5) is 0. The van der Waals surface area contributed by atoms with E-state index in [4.69, 9.17) is 11.6 Å². The van der Waals surface area contributed by atoms with Gasteiger partial charge < -0.3 is 0 Å². The van der Waals surface area contributed by atoms with Crippen LogP contribution in [0.15, 0.2) is 18.2 Å². The Labute approximate surface area is 93.6 Å². The molecule has 0 amide bonds. The number of alkyl halides is 2. The van der Waals surface area contributed by atoms with Crippen LogP contribution in [-0.2, 0) is 9.76 Å². The van der Waals surface area contributed by atoms with Crippen LogP contribution in [0.2, 0.25) is 5.02 Å². The van der Waals surface area contributed by atoms with E-state index in [1.807, 2.05) is 6.07 Å². The third-order valence-electron chi connectivity index (χ3n) is 1.42. The lowest BCUT2D eigenvalue weighted by molar-refractivity contribution is 1.37. The van der Waals surface area contributed by atoms with Gasteiger partial charge in [-0.1, -0.05) is 62.3 Å². The monoisotopic (exact) mass is 344 g/mol. The SMILES string of the molecule is Clc1cc(CI)ccc1CBr. The molecule has 0 unspecified atom stereocenters. The minimum absolute atomic E-state index is 0.827. The fraction of sp³-hybridized carbons (Fsp3) is 0.250. The highest BCUT2D eigenvalue weighted by molar-refractivity contribution is 14.1. The van der Waals surface area contributed by atoms with Crippen LogP contribution in [0.25, 0.3) is 0 Å². The molecule has 0 nitrogen and oxygen atoms in total. The molecule has 0 heterocycles. The Morgan fingerprint density at radius 2 is 2.18 bits per heavy atom. The maximum atomic E-state index is 5.97. The smallest absolute Gasteiger partial charge is 0.0449 e. The van der Waals surface area contributed by atoms with Crippen molar-refractivity contribution in [1.29, 1.82) is 0 Å². The van der Waals surface area contributed by atoms with E-state index in [0.29, 0.717) is 0 Å². The van der Waals surface area contributed by atoms with Gasteiger partial charge in [-0.2, -0.15) is 0 Å². The molecule has 3 heteroatoms. The topological polar surface area (TPSA) is 0 Å². The van der Waals surface area contributed by atoms with E-state index < -0.39 is 0 Å². The third kappa shape index (κ3) is 2.60. The van der Waals surface area contributed by atoms with Crippen LogP contribution in [0, 0.1) is 0 Å². The summed E-state index contributed by atoms with van der Waals surface area (Å²) in [6, 6.07) is 6.19. The summed E-state index contributed by atoms with van der Waals surface area (Å²) in [6.07, 6.45) is 0. The summed E-state index contributed by atoms with van der Waals surface area (Å²) in [7, 11) is 0. The maximum absolute atomic E-state index is 5.97. The van der Waals surface area contributed by atoms with Gasteiger partial charge in [-0.3, -0.25) is 0 Å². The van der Waals surface area contributed by atoms with Crippen molar-refractivity contribution in [1.82, 2.24) is 0 Å². The molecule has 0 saturated carbocycles. The highest BCUT2D eigenvalue weighted by atomic mass is 127. The van der Waals surface area contributed by atoms with Crippen molar-refractivity contribution in [3.05, 3.63) is 34.3 Å². The average molecular weight is 345 g/mol. The summed E-state index contributed by atoms with van der Waals surface area (Å²) in [5.74, 6) is 0. The van der Waals surface area contributed by atoms with Crippen LogP contribution < -0.4 is 0 Å². The molecule has 0 aliphatic rings. The molecule has 0 N–H and O–H groups in total. The van der Waals surface area contributed by atoms with Crippen molar-refractivity contribution in [3.8, 4) is 0 Å². The molecule has 1 rings (SSSR count). The van der Waals surface area contributed by atoms with Crippen molar-refractivity contribution in [2.45, 2.75) is 9.76 Å². The zero-order valence-corrected chi connectivity index (χ0v) is 10.3. The van der Waals surface area contributed by atoms with Gasteiger partial charge in [-0.25, -0.2) is 0 Å². The van der Waals surface area contributed by atoms with Crippen molar-refractivity contribution in [2.24, 2.45) is 0 Å². The lowest BCUT2D eigenvalue weighted by Gasteiger charge is -2.01. The number of rotatable bonds is 2. The normalized spacial score (nSPS) is 10.1. The molecule has 0 aromatic heterocycles. The van der Waals surface area contributed by atoms with Gasteiger partial charge in [-0.15, -0.1) is 0 Å². The first-order valence-electron chi connectivity index (χ1n) is 3.17. The lowest BCUT2D eigenvalue weighted by Crippen LogP contribution is -1.82. The second kappa shape index (κ2) is 4.67. The molecular weight excluding hydrogens is 338 g/mol. The first kappa shape index (κ1) is 9.81. The highest BCUT2D eigenvalue weighted by Crippen LogP contribution is 2.21. The molecule has 11 heavy (non-hydrogen) atoms. The second-order valence-corrected chi connectivity index (χ2v) is 3.92. The Hall–Kier alpha value is 0.720. The zero-order chi connectivity index (χ0) is 8.27. The summed E-state index contributed by atoms with van der Waals surface area (Å²) < 4.78 is 1.01. The fourth-order valence-electron chi connectivity index (χ4n) is 0.782. The Bertz CT molecular complexity index is 250. The van der Waals surface area contributed by atoms with Crippen molar-refractivity contribution >= 4 is 50.1 Å². The summed E-state index contributed by atoms with van der Waals surface area (Å²) in [6.45, 7) is 0. The van der Waals surface area contributed by atoms with Crippen LogP contribution in [0.5, 0.6) is 0 Å². The third-order valence-corrected chi connectivity index (χ3v) is 3.25. The molecular formula is C8H7BrClI. The van der Waals surface area contributed by atoms with Crippen molar-refractivity contribution < 1.29 is 0 Å². The molecule has 0 bridgehead atoms. The standard InChI is InChI=1S/C8H7BrClI/c9-4-7-2-1-6(5-11)3-8(7)10/h1-3H,4-5H2. The van der Waals surface area contributed by atoms with Gasteiger partial charge in [0, 0.05) is 14.8 Å². The molecule has 1 aromatic carbocycles. The van der Waals surface area contributed by atoms with E-state index in [0.717, 1.165) is 20.3 Å². The van der Waals surface area contributed by atoms with Crippen LogP contribution >= 0.6 is 50.1 Å². The molecule has 0 spiro atoms. The molecule has 0 aliphatic heterocycles. The first-order chi connectivity index (χ1) is 5.27. The Kier molecular flexibility index (Phi) is 4.17. The van der Waals surface area contributed by atoms with E-state index in [1.54, 1.807) is 0 Å². The number of hydrogen-bond donors (Lipinski definition) is 0. The minimum atomic E-state index is 0.827. The minimum Gasteiger partial charge on any atom is -0.0876 e. The predicted octanol–water partition coefficient (Wildman–Crippen LogP) is 4.17. The van der Waals surface area contributed by atoms with E-state index in [9.17, 15) is 0 Å². The van der Waals surface area contributed by atoms with Crippen molar-refractivity contribution in [3.63, 3.8) is 0 Å². The van der Waals surface area contributed by atoms with Crippen LogP contribution in [-0.4, -0.2) is 0 Å². The van der Waals surface area contributed by atoms with Crippen LogP contribution in [0.1, 0.15) is 11.1 Å². The Balaban J connectivity index is 2.99. The van der Waals surface area contributed by atoms with E-state index in [1.165, 1.54) is 5.56 Å². The average Bonchev–Trinajstić information content (AvgIpc) is 2.04. The van der Waals surface area contributed by atoms with Gasteiger partial charge in [0.2, 0.25) is 0 Å². The number of benzene rings is 1. The van der Waals surface area contributed by atoms with Gasteiger partial charge in [0.15, 0.2) is 0 Å². The number of hydrogen-bond acceptors (Lipinski definition) is 0. The van der Waals surface area contributed by atoms with Gasteiger partial charge in [0.1, 0.15) is 0 Å². The molecule has 0 radical (unpaired) electrons. The van der Waals surface area contributed by atoms with Crippen LogP contribution in [0.4, 0.5) is 0 Å². The van der Waals surface area contributed by atoms with E-state index >= 15 is 0 Å². The lowest BCUT2D eigenvalue weighted by atomic mass is 10.2. The Morgan fingerprint density at radius 1 is 1.45 bits per heavy atom. The second-order valence-electron chi connectivity index (χ2n) is 2.19. The van der Waals surface area contributed by atoms with E-state index in [-0.39, 0.29) is 0 Å². The summed E-state index contributed by atoms with van der Waals surface area (Å²) >= 11 is 11.7. The molecule has 60 valence electrons. The molecule has 0 saturated heterocycles. The number of halogens is 3. The molecule has 0 fully saturated rings. The quantitative estimate of drug-likeness (QED) is 0.557. The molecule has 0 atom stereocenters. The summed E-state index contributed by atoms with van der Waals surface area (Å²) in [5.41, 5.74) is 2.43. The van der Waals surface area contributed by atoms with E-state index in [2.05, 4.69) is 50.7 Å². The molecule has 0 aliphatic carbocycles. The highest BCUT2D eigenvalue weighted by Gasteiger charge is 1.98. The molecule has 1 aromatic rings. The predicted molar refractivity (Wildman–Crippen MR) is 61.8 cm³/mol. The van der Waals surface area contributed by atoms with Gasteiger partial charge in [-0.05, 0) is 17.2 Å². The van der Waals surface area contributed by atoms with Gasteiger partial charge in [0.25, 0.3) is 0 Å². The largest absolute Gasteiger partial charge is 0.0876 e. The van der Waals surface area contributed by atoms with Gasteiger partial charge >= 0.3 is 0 Å². The maximum Gasteiger partial charge on any atom is 0.0449 e. The summed E-state index contributed by atoms with van der Waals surface area (Å²) in [5, 5.41) is 1.68. The van der Waals surface area contributed by atoms with Crippen LogP contribution in [0.3, 0.4) is 0 Å². The zero-order valence-electron chi connectivity index (χ0n) is 5.78. The fourth-order valence-corrected chi connectivity index (χ4v) is 2.18. The van der Waals surface area contributed by atoms with Crippen molar-refractivity contribution in [2.75, 3.05) is 0 Å².